The number of benzene rings is 2. The van der Waals surface area contributed by atoms with E-state index in [2.05, 4.69) is 33.2 Å². The van der Waals surface area contributed by atoms with Crippen LogP contribution in [-0.4, -0.2) is 42.8 Å². The summed E-state index contributed by atoms with van der Waals surface area (Å²) in [5, 5.41) is 10.7. The fraction of sp³-hybridized carbons (Fsp3) is 0.364. The van der Waals surface area contributed by atoms with E-state index in [0.717, 1.165) is 48.1 Å². The molecule has 2 heterocycles. The maximum atomic E-state index is 13.1. The molecule has 2 aromatic carbocycles. The Labute approximate surface area is 179 Å². The van der Waals surface area contributed by atoms with E-state index < -0.39 is 0 Å². The van der Waals surface area contributed by atoms with Crippen molar-refractivity contribution in [3.63, 3.8) is 0 Å². The molecule has 1 fully saturated rings. The minimum atomic E-state index is -0.270. The van der Waals surface area contributed by atoms with Crippen molar-refractivity contribution in [2.75, 3.05) is 25.9 Å². The van der Waals surface area contributed by atoms with Gasteiger partial charge in [-0.25, -0.2) is 0 Å². The van der Waals surface area contributed by atoms with Crippen LogP contribution in [0.1, 0.15) is 46.8 Å². The summed E-state index contributed by atoms with van der Waals surface area (Å²) in [5.74, 6) is 0.600. The van der Waals surface area contributed by atoms with Crippen molar-refractivity contribution in [1.29, 1.82) is 5.41 Å². The van der Waals surface area contributed by atoms with Gasteiger partial charge in [0.05, 0.1) is 17.3 Å². The van der Waals surface area contributed by atoms with E-state index in [4.69, 9.17) is 15.9 Å². The molecular formula is C22H25BrN4O2. The summed E-state index contributed by atoms with van der Waals surface area (Å²) in [7, 11) is 2.12. The second kappa shape index (κ2) is 7.80. The van der Waals surface area contributed by atoms with E-state index in [1.54, 1.807) is 18.2 Å². The number of piperidine rings is 1. The van der Waals surface area contributed by atoms with Crippen LogP contribution in [0.4, 0.5) is 5.69 Å². The molecule has 4 N–H and O–H groups in total. The molecule has 1 unspecified atom stereocenters. The number of ether oxygens (including phenoxy) is 1. The van der Waals surface area contributed by atoms with Gasteiger partial charge in [-0.2, -0.15) is 0 Å². The number of nitrogens with zero attached hydrogens (tertiary/aromatic N) is 1. The van der Waals surface area contributed by atoms with Crippen LogP contribution >= 0.6 is 15.9 Å². The van der Waals surface area contributed by atoms with Gasteiger partial charge in [0.25, 0.3) is 5.91 Å². The third-order valence-electron chi connectivity index (χ3n) is 5.99. The third kappa shape index (κ3) is 3.89. The molecule has 2 aromatic rings. The maximum Gasteiger partial charge on any atom is 0.253 e. The van der Waals surface area contributed by atoms with Crippen molar-refractivity contribution in [3.8, 4) is 5.75 Å². The number of nitrogen functional groups attached to an aromatic ring is 1. The van der Waals surface area contributed by atoms with Gasteiger partial charge in [0.1, 0.15) is 11.4 Å². The molecule has 29 heavy (non-hydrogen) atoms. The first-order valence-electron chi connectivity index (χ1n) is 9.78. The zero-order valence-electron chi connectivity index (χ0n) is 16.4. The van der Waals surface area contributed by atoms with Gasteiger partial charge in [-0.15, -0.1) is 0 Å². The Balaban J connectivity index is 1.66. The quantitative estimate of drug-likeness (QED) is 0.484. The number of nitrogens with one attached hydrogen (secondary N) is 2. The lowest BCUT2D eigenvalue weighted by Crippen LogP contribution is -2.51. The summed E-state index contributed by atoms with van der Waals surface area (Å²) in [4.78, 5) is 15.4. The normalized spacial score (nSPS) is 20.6. The first-order chi connectivity index (χ1) is 13.9. The van der Waals surface area contributed by atoms with Crippen LogP contribution in [0, 0.1) is 5.41 Å². The Morgan fingerprint density at radius 2 is 2.10 bits per heavy atom. The first kappa shape index (κ1) is 19.9. The summed E-state index contributed by atoms with van der Waals surface area (Å²) >= 11 is 3.54. The molecule has 1 amide bonds. The number of nitrogens with two attached hydrogens (primary N) is 1. The van der Waals surface area contributed by atoms with E-state index in [9.17, 15) is 4.79 Å². The van der Waals surface area contributed by atoms with E-state index in [-0.39, 0.29) is 17.6 Å². The zero-order chi connectivity index (χ0) is 20.6. The van der Waals surface area contributed by atoms with Crippen LogP contribution in [0.15, 0.2) is 40.9 Å². The number of fused-ring (bicyclic) bond motifs is 1. The molecule has 152 valence electrons. The lowest BCUT2D eigenvalue weighted by Gasteiger charge is -2.46. The highest BCUT2D eigenvalue weighted by atomic mass is 79.9. The first-order valence-corrected chi connectivity index (χ1v) is 10.6. The summed E-state index contributed by atoms with van der Waals surface area (Å²) in [6.07, 6.45) is 3.74. The molecule has 6 nitrogen and oxygen atoms in total. The molecular weight excluding hydrogens is 432 g/mol. The Bertz CT molecular complexity index is 954. The fourth-order valence-electron chi connectivity index (χ4n) is 4.25. The monoisotopic (exact) mass is 456 g/mol. The van der Waals surface area contributed by atoms with E-state index in [1.807, 2.05) is 18.2 Å². The van der Waals surface area contributed by atoms with Gasteiger partial charge in [-0.05, 0) is 44.2 Å². The average Bonchev–Trinajstić information content (AvgIpc) is 2.71. The molecule has 0 radical (unpaired) electrons. The molecule has 7 heteroatoms. The van der Waals surface area contributed by atoms with Gasteiger partial charge >= 0.3 is 0 Å². The number of hydrogen-bond acceptors (Lipinski definition) is 5. The predicted octanol–water partition coefficient (Wildman–Crippen LogP) is 3.75. The molecule has 1 atom stereocenters. The predicted molar refractivity (Wildman–Crippen MR) is 118 cm³/mol. The highest BCUT2D eigenvalue weighted by molar-refractivity contribution is 9.10. The lowest BCUT2D eigenvalue weighted by molar-refractivity contribution is -0.0196. The molecule has 2 aliphatic heterocycles. The Morgan fingerprint density at radius 3 is 2.83 bits per heavy atom. The highest BCUT2D eigenvalue weighted by Gasteiger charge is 2.43. The zero-order valence-corrected chi connectivity index (χ0v) is 18.0. The number of halogens is 1. The van der Waals surface area contributed by atoms with E-state index >= 15 is 0 Å². The molecule has 2 aliphatic rings. The van der Waals surface area contributed by atoms with Crippen LogP contribution in [0.2, 0.25) is 0 Å². The minimum Gasteiger partial charge on any atom is -0.487 e. The fourth-order valence-corrected chi connectivity index (χ4v) is 4.62. The van der Waals surface area contributed by atoms with Crippen molar-refractivity contribution < 1.29 is 9.53 Å². The number of anilines is 1. The Hall–Kier alpha value is -2.38. The van der Waals surface area contributed by atoms with Gasteiger partial charge < -0.3 is 26.1 Å². The summed E-state index contributed by atoms with van der Waals surface area (Å²) in [6.45, 7) is 1.95. The second-order valence-electron chi connectivity index (χ2n) is 7.95. The number of hydrogen-bond donors (Lipinski definition) is 3. The van der Waals surface area contributed by atoms with Gasteiger partial charge in [-0.1, -0.05) is 28.1 Å². The summed E-state index contributed by atoms with van der Waals surface area (Å²) < 4.78 is 7.44. The average molecular weight is 457 g/mol. The van der Waals surface area contributed by atoms with Crippen LogP contribution in [0.5, 0.6) is 5.75 Å². The molecule has 1 spiro atoms. The topological polar surface area (TPSA) is 91.4 Å². The number of rotatable bonds is 3. The number of likely N-dealkylation sites (tertiary alicyclic amines) is 1. The SMILES string of the molecule is CN1CCC2(CC1)CC(NC(=O)c1cccc(C=N)c1N)c1cc(Br)ccc1O2. The van der Waals surface area contributed by atoms with Crippen molar-refractivity contribution >= 4 is 33.7 Å². The molecule has 0 bridgehead atoms. The number of carbonyl (C=O) groups excluding carboxylic acids is 1. The van der Waals surface area contributed by atoms with Crippen molar-refractivity contribution in [2.24, 2.45) is 0 Å². The van der Waals surface area contributed by atoms with Crippen LogP contribution < -0.4 is 15.8 Å². The van der Waals surface area contributed by atoms with Crippen molar-refractivity contribution in [3.05, 3.63) is 57.6 Å². The molecule has 0 aromatic heterocycles. The molecule has 0 aliphatic carbocycles. The van der Waals surface area contributed by atoms with Crippen LogP contribution in [0.25, 0.3) is 0 Å². The van der Waals surface area contributed by atoms with Crippen LogP contribution in [-0.2, 0) is 0 Å². The summed E-state index contributed by atoms with van der Waals surface area (Å²) in [6, 6.07) is 11.0. The van der Waals surface area contributed by atoms with Gasteiger partial charge in [-0.3, -0.25) is 4.79 Å². The van der Waals surface area contributed by atoms with Crippen molar-refractivity contribution in [1.82, 2.24) is 10.2 Å². The number of amides is 1. The second-order valence-corrected chi connectivity index (χ2v) is 8.87. The smallest absolute Gasteiger partial charge is 0.253 e. The van der Waals surface area contributed by atoms with Gasteiger partial charge in [0, 0.05) is 41.3 Å². The molecule has 1 saturated heterocycles. The molecule has 0 saturated carbocycles. The standard InChI is InChI=1S/C22H25BrN4O2/c1-27-9-7-22(8-10-27)12-18(17-11-15(23)5-6-19(17)29-22)26-21(28)16-4-2-3-14(13-24)20(16)25/h2-6,11,13,18,24H,7-10,12,25H2,1H3,(H,26,28). The van der Waals surface area contributed by atoms with E-state index in [1.165, 1.54) is 6.21 Å². The number of carbonyl (C=O) groups is 1. The third-order valence-corrected chi connectivity index (χ3v) is 6.49. The lowest BCUT2D eigenvalue weighted by atomic mass is 9.80. The Morgan fingerprint density at radius 1 is 1.34 bits per heavy atom. The highest BCUT2D eigenvalue weighted by Crippen LogP contribution is 2.45. The van der Waals surface area contributed by atoms with Crippen LogP contribution in [0.3, 0.4) is 0 Å². The Kier molecular flexibility index (Phi) is 5.36. The minimum absolute atomic E-state index is 0.171. The van der Waals surface area contributed by atoms with Gasteiger partial charge in [0.15, 0.2) is 0 Å². The maximum absolute atomic E-state index is 13.1. The van der Waals surface area contributed by atoms with Crippen molar-refractivity contribution in [2.45, 2.75) is 30.9 Å². The largest absolute Gasteiger partial charge is 0.487 e. The van der Waals surface area contributed by atoms with E-state index in [0.29, 0.717) is 16.8 Å². The number of para-hydroxylation sites is 1. The van der Waals surface area contributed by atoms with Gasteiger partial charge in [0.2, 0.25) is 0 Å². The summed E-state index contributed by atoms with van der Waals surface area (Å²) in [5.41, 5.74) is 8.09. The molecule has 4 rings (SSSR count).